The van der Waals surface area contributed by atoms with E-state index in [4.69, 9.17) is 11.6 Å². The zero-order valence-corrected chi connectivity index (χ0v) is 19.3. The lowest BCUT2D eigenvalue weighted by Crippen LogP contribution is -2.43. The molecule has 0 unspecified atom stereocenters. The Balaban J connectivity index is 1.37. The lowest BCUT2D eigenvalue weighted by Gasteiger charge is -2.28. The first-order chi connectivity index (χ1) is 14.6. The number of carbonyl (C=O) groups excluding carboxylic acids is 1. The molecule has 1 amide bonds. The Kier molecular flexibility index (Phi) is 7.04. The van der Waals surface area contributed by atoms with E-state index < -0.39 is 5.41 Å². The highest BCUT2D eigenvalue weighted by Gasteiger charge is 2.42. The van der Waals surface area contributed by atoms with Gasteiger partial charge in [-0.3, -0.25) is 4.79 Å². The van der Waals surface area contributed by atoms with Gasteiger partial charge in [-0.15, -0.1) is 10.2 Å². The number of aryl methyl sites for hydroxylation is 1. The lowest BCUT2D eigenvalue weighted by atomic mass is 9.78. The predicted octanol–water partition coefficient (Wildman–Crippen LogP) is 5.33. The Morgan fingerprint density at radius 1 is 1.17 bits per heavy atom. The highest BCUT2D eigenvalue weighted by molar-refractivity contribution is 7.98. The zero-order chi connectivity index (χ0) is 21.0. The van der Waals surface area contributed by atoms with Crippen LogP contribution in [0.3, 0.4) is 0 Å². The third-order valence-electron chi connectivity index (χ3n) is 6.76. The summed E-state index contributed by atoms with van der Waals surface area (Å²) in [5.74, 6) is 1.22. The second-order valence-electron chi connectivity index (χ2n) is 8.57. The number of rotatable bonds is 8. The van der Waals surface area contributed by atoms with Crippen molar-refractivity contribution < 1.29 is 4.79 Å². The first kappa shape index (κ1) is 21.7. The third kappa shape index (κ3) is 4.40. The standard InChI is InChI=1S/C23H31ClN4OS/c1-30-22-27-26-20(28(22)19-7-2-3-8-19)9-6-16-25-21(29)23(14-4-5-15-23)17-10-12-18(24)13-11-17/h10-13,19H,2-9,14-16H2,1H3,(H,25,29). The molecule has 30 heavy (non-hydrogen) atoms. The van der Waals surface area contributed by atoms with Crippen molar-refractivity contribution in [2.45, 2.75) is 80.8 Å². The van der Waals surface area contributed by atoms with Crippen LogP contribution in [0.5, 0.6) is 0 Å². The number of halogens is 1. The molecule has 0 spiro atoms. The van der Waals surface area contributed by atoms with Gasteiger partial charge < -0.3 is 9.88 Å². The van der Waals surface area contributed by atoms with Gasteiger partial charge in [0.15, 0.2) is 5.16 Å². The van der Waals surface area contributed by atoms with Crippen LogP contribution < -0.4 is 5.32 Å². The van der Waals surface area contributed by atoms with Gasteiger partial charge in [-0.2, -0.15) is 0 Å². The van der Waals surface area contributed by atoms with Crippen molar-refractivity contribution in [2.75, 3.05) is 12.8 Å². The summed E-state index contributed by atoms with van der Waals surface area (Å²) in [7, 11) is 0. The number of carbonyl (C=O) groups is 1. The molecule has 162 valence electrons. The van der Waals surface area contributed by atoms with Crippen LogP contribution in [0.4, 0.5) is 0 Å². The number of hydrogen-bond donors (Lipinski definition) is 1. The summed E-state index contributed by atoms with van der Waals surface area (Å²) < 4.78 is 2.35. The predicted molar refractivity (Wildman–Crippen MR) is 122 cm³/mol. The maximum Gasteiger partial charge on any atom is 0.230 e. The van der Waals surface area contributed by atoms with Crippen molar-refractivity contribution in [1.29, 1.82) is 0 Å². The maximum absolute atomic E-state index is 13.2. The third-order valence-corrected chi connectivity index (χ3v) is 7.65. The summed E-state index contributed by atoms with van der Waals surface area (Å²) in [6.45, 7) is 0.667. The smallest absolute Gasteiger partial charge is 0.230 e. The van der Waals surface area contributed by atoms with E-state index in [2.05, 4.69) is 26.3 Å². The fourth-order valence-electron chi connectivity index (χ4n) is 5.16. The number of thioether (sulfide) groups is 1. The van der Waals surface area contributed by atoms with E-state index in [1.54, 1.807) is 11.8 Å². The lowest BCUT2D eigenvalue weighted by molar-refractivity contribution is -0.126. The monoisotopic (exact) mass is 446 g/mol. The Hall–Kier alpha value is -1.53. The van der Waals surface area contributed by atoms with Gasteiger partial charge in [-0.25, -0.2) is 0 Å². The van der Waals surface area contributed by atoms with Gasteiger partial charge in [0, 0.05) is 24.0 Å². The van der Waals surface area contributed by atoms with Crippen LogP contribution in [-0.2, 0) is 16.6 Å². The summed E-state index contributed by atoms with van der Waals surface area (Å²) in [4.78, 5) is 13.2. The second-order valence-corrected chi connectivity index (χ2v) is 9.78. The highest BCUT2D eigenvalue weighted by atomic mass is 35.5. The summed E-state index contributed by atoms with van der Waals surface area (Å²) in [6, 6.07) is 8.36. The van der Waals surface area contributed by atoms with Gasteiger partial charge in [-0.05, 0) is 56.1 Å². The molecule has 0 radical (unpaired) electrons. The number of amides is 1. The van der Waals surface area contributed by atoms with Crippen molar-refractivity contribution >= 4 is 29.3 Å². The van der Waals surface area contributed by atoms with Crippen LogP contribution in [0.25, 0.3) is 0 Å². The number of benzene rings is 1. The summed E-state index contributed by atoms with van der Waals surface area (Å²) >= 11 is 7.73. The van der Waals surface area contributed by atoms with E-state index in [9.17, 15) is 4.79 Å². The maximum atomic E-state index is 13.2. The molecule has 2 aliphatic carbocycles. The number of nitrogens with zero attached hydrogens (tertiary/aromatic N) is 3. The molecule has 1 heterocycles. The molecular weight excluding hydrogens is 416 g/mol. The molecule has 0 bridgehead atoms. The molecule has 2 aliphatic rings. The van der Waals surface area contributed by atoms with E-state index >= 15 is 0 Å². The van der Waals surface area contributed by atoms with Gasteiger partial charge in [0.25, 0.3) is 0 Å². The summed E-state index contributed by atoms with van der Waals surface area (Å²) in [5.41, 5.74) is 0.688. The fraction of sp³-hybridized carbons (Fsp3) is 0.609. The van der Waals surface area contributed by atoms with Crippen molar-refractivity contribution in [1.82, 2.24) is 20.1 Å². The molecule has 2 saturated carbocycles. The summed E-state index contributed by atoms with van der Waals surface area (Å²) in [5, 5.41) is 13.8. The Morgan fingerprint density at radius 2 is 1.87 bits per heavy atom. The Bertz CT molecular complexity index is 855. The first-order valence-corrected chi connectivity index (χ1v) is 12.8. The van der Waals surface area contributed by atoms with Crippen molar-refractivity contribution in [3.63, 3.8) is 0 Å². The van der Waals surface area contributed by atoms with Gasteiger partial charge in [0.2, 0.25) is 5.91 Å². The molecule has 0 aliphatic heterocycles. The largest absolute Gasteiger partial charge is 0.355 e. The molecule has 1 aromatic heterocycles. The minimum Gasteiger partial charge on any atom is -0.355 e. The normalized spacial score (nSPS) is 18.7. The average molecular weight is 447 g/mol. The molecule has 1 N–H and O–H groups in total. The van der Waals surface area contributed by atoms with Gasteiger partial charge in [0.1, 0.15) is 5.82 Å². The van der Waals surface area contributed by atoms with E-state index in [1.165, 1.54) is 25.7 Å². The van der Waals surface area contributed by atoms with E-state index in [-0.39, 0.29) is 5.91 Å². The van der Waals surface area contributed by atoms with Gasteiger partial charge in [0.05, 0.1) is 5.41 Å². The molecule has 4 rings (SSSR count). The second kappa shape index (κ2) is 9.73. The molecule has 2 aromatic rings. The number of nitrogens with one attached hydrogen (secondary N) is 1. The SMILES string of the molecule is CSc1nnc(CCCNC(=O)C2(c3ccc(Cl)cc3)CCCC2)n1C1CCCC1. The van der Waals surface area contributed by atoms with Crippen LogP contribution in [-0.4, -0.2) is 33.5 Å². The van der Waals surface area contributed by atoms with Crippen LogP contribution in [0, 0.1) is 0 Å². The van der Waals surface area contributed by atoms with Gasteiger partial charge >= 0.3 is 0 Å². The van der Waals surface area contributed by atoms with Crippen molar-refractivity contribution in [3.05, 3.63) is 40.7 Å². The van der Waals surface area contributed by atoms with Crippen LogP contribution in [0.1, 0.15) is 75.2 Å². The Morgan fingerprint density at radius 3 is 2.53 bits per heavy atom. The fourth-order valence-corrected chi connectivity index (χ4v) is 5.86. The highest BCUT2D eigenvalue weighted by Crippen LogP contribution is 2.41. The van der Waals surface area contributed by atoms with E-state index in [0.717, 1.165) is 55.1 Å². The molecule has 7 heteroatoms. The molecule has 2 fully saturated rings. The number of hydrogen-bond acceptors (Lipinski definition) is 4. The molecule has 5 nitrogen and oxygen atoms in total. The van der Waals surface area contributed by atoms with Crippen molar-refractivity contribution in [2.24, 2.45) is 0 Å². The van der Waals surface area contributed by atoms with Crippen LogP contribution in [0.15, 0.2) is 29.4 Å². The number of aromatic nitrogens is 3. The molecular formula is C23H31ClN4OS. The minimum atomic E-state index is -0.402. The molecule has 0 atom stereocenters. The van der Waals surface area contributed by atoms with Crippen LogP contribution in [0.2, 0.25) is 5.02 Å². The minimum absolute atomic E-state index is 0.157. The van der Waals surface area contributed by atoms with E-state index in [0.29, 0.717) is 17.6 Å². The average Bonchev–Trinajstić information content (AvgIpc) is 3.52. The van der Waals surface area contributed by atoms with Crippen LogP contribution >= 0.6 is 23.4 Å². The topological polar surface area (TPSA) is 59.8 Å². The van der Waals surface area contributed by atoms with Crippen molar-refractivity contribution in [3.8, 4) is 0 Å². The van der Waals surface area contributed by atoms with Gasteiger partial charge in [-0.1, -0.05) is 61.2 Å². The van der Waals surface area contributed by atoms with E-state index in [1.807, 2.05) is 24.3 Å². The Labute approximate surface area is 188 Å². The first-order valence-electron chi connectivity index (χ1n) is 11.2. The quantitative estimate of drug-likeness (QED) is 0.439. The summed E-state index contributed by atoms with van der Waals surface area (Å²) in [6.07, 6.45) is 12.8. The molecule has 1 aromatic carbocycles. The molecule has 0 saturated heterocycles. The zero-order valence-electron chi connectivity index (χ0n) is 17.7.